The van der Waals surface area contributed by atoms with E-state index in [2.05, 4.69) is 10.3 Å². The van der Waals surface area contributed by atoms with E-state index >= 15 is 0 Å². The molecule has 7 nitrogen and oxygen atoms in total. The number of thioether (sulfide) groups is 1. The molecule has 1 saturated heterocycles. The molecule has 2 aromatic carbocycles. The number of para-hydroxylation sites is 1. The number of nitrogens with zero attached hydrogens (tertiary/aromatic N) is 2. The van der Waals surface area contributed by atoms with E-state index in [4.69, 9.17) is 5.26 Å². The fourth-order valence-corrected chi connectivity index (χ4v) is 4.15. The first-order valence-corrected chi connectivity index (χ1v) is 10.4. The van der Waals surface area contributed by atoms with Crippen LogP contribution in [-0.4, -0.2) is 40.0 Å². The van der Waals surface area contributed by atoms with E-state index < -0.39 is 11.1 Å². The van der Waals surface area contributed by atoms with Crippen molar-refractivity contribution in [2.45, 2.75) is 6.42 Å². The normalized spacial score (nSPS) is 14.9. The van der Waals surface area contributed by atoms with Crippen molar-refractivity contribution in [3.8, 4) is 6.07 Å². The molecule has 0 radical (unpaired) electrons. The third kappa shape index (κ3) is 4.52. The van der Waals surface area contributed by atoms with E-state index in [1.165, 1.54) is 0 Å². The Morgan fingerprint density at radius 2 is 1.94 bits per heavy atom. The summed E-state index contributed by atoms with van der Waals surface area (Å²) in [4.78, 5) is 41.5. The Kier molecular flexibility index (Phi) is 5.87. The Hall–Kier alpha value is -3.83. The van der Waals surface area contributed by atoms with Crippen molar-refractivity contribution in [2.75, 3.05) is 13.1 Å². The van der Waals surface area contributed by atoms with Crippen molar-refractivity contribution >= 4 is 45.8 Å². The van der Waals surface area contributed by atoms with E-state index in [0.29, 0.717) is 24.1 Å². The van der Waals surface area contributed by atoms with Gasteiger partial charge >= 0.3 is 0 Å². The van der Waals surface area contributed by atoms with Gasteiger partial charge in [-0.05, 0) is 53.6 Å². The molecule has 0 aliphatic carbocycles. The van der Waals surface area contributed by atoms with Crippen LogP contribution in [0, 0.1) is 11.3 Å². The number of benzene rings is 2. The summed E-state index contributed by atoms with van der Waals surface area (Å²) in [7, 11) is 0. The zero-order chi connectivity index (χ0) is 21.8. The van der Waals surface area contributed by atoms with Crippen LogP contribution in [0.15, 0.2) is 59.6 Å². The van der Waals surface area contributed by atoms with Gasteiger partial charge in [0.1, 0.15) is 6.54 Å². The summed E-state index contributed by atoms with van der Waals surface area (Å²) in [6.07, 6.45) is 4.14. The number of amides is 3. The van der Waals surface area contributed by atoms with Crippen LogP contribution in [-0.2, 0) is 16.0 Å². The highest BCUT2D eigenvalue weighted by atomic mass is 32.2. The predicted octanol–water partition coefficient (Wildman–Crippen LogP) is 3.43. The molecule has 2 heterocycles. The monoisotopic (exact) mass is 430 g/mol. The van der Waals surface area contributed by atoms with Gasteiger partial charge in [-0.2, -0.15) is 5.26 Å². The molecule has 1 aromatic heterocycles. The number of fused-ring (bicyclic) bond motifs is 1. The fraction of sp³-hybridized carbons (Fsp3) is 0.130. The second kappa shape index (κ2) is 8.90. The van der Waals surface area contributed by atoms with Gasteiger partial charge in [0.2, 0.25) is 5.91 Å². The number of carbonyl (C=O) groups excluding carboxylic acids is 3. The maximum absolute atomic E-state index is 12.6. The Balaban J connectivity index is 1.33. The molecule has 154 valence electrons. The van der Waals surface area contributed by atoms with Crippen LogP contribution < -0.4 is 5.32 Å². The number of hydrogen-bond acceptors (Lipinski definition) is 5. The van der Waals surface area contributed by atoms with Crippen molar-refractivity contribution in [2.24, 2.45) is 0 Å². The van der Waals surface area contributed by atoms with Crippen LogP contribution in [0.4, 0.5) is 4.79 Å². The van der Waals surface area contributed by atoms with Crippen molar-refractivity contribution in [3.63, 3.8) is 0 Å². The first-order valence-electron chi connectivity index (χ1n) is 9.62. The number of hydrogen-bond donors (Lipinski definition) is 2. The van der Waals surface area contributed by atoms with Gasteiger partial charge in [-0.1, -0.05) is 30.3 Å². The Bertz CT molecular complexity index is 1240. The van der Waals surface area contributed by atoms with Gasteiger partial charge in [0.05, 0.1) is 16.5 Å². The SMILES string of the molecule is N#Cc1ccc(/C=C2\SC(=O)N(CC(=O)NCCc3c[nH]c4ccccc34)C2=O)cc1. The molecule has 0 bridgehead atoms. The standard InChI is InChI=1S/C23H18N4O3S/c24-12-16-7-5-15(6-8-16)11-20-22(29)27(23(30)31-20)14-21(28)25-10-9-17-13-26-19-4-2-1-3-18(17)19/h1-8,11,13,26H,9-10,14H2,(H,25,28)/b20-11-. The lowest BCUT2D eigenvalue weighted by atomic mass is 10.1. The minimum atomic E-state index is -0.494. The highest BCUT2D eigenvalue weighted by Gasteiger charge is 2.36. The summed E-state index contributed by atoms with van der Waals surface area (Å²) < 4.78 is 0. The summed E-state index contributed by atoms with van der Waals surface area (Å²) in [6.45, 7) is 0.0846. The van der Waals surface area contributed by atoms with Crippen LogP contribution in [0.5, 0.6) is 0 Å². The molecule has 1 aliphatic rings. The smallest absolute Gasteiger partial charge is 0.294 e. The molecule has 3 amide bonds. The number of nitriles is 1. The van der Waals surface area contributed by atoms with E-state index in [-0.39, 0.29) is 17.4 Å². The lowest BCUT2D eigenvalue weighted by Gasteiger charge is -2.12. The second-order valence-electron chi connectivity index (χ2n) is 6.96. The van der Waals surface area contributed by atoms with E-state index in [9.17, 15) is 14.4 Å². The number of aromatic amines is 1. The van der Waals surface area contributed by atoms with Gasteiger partial charge < -0.3 is 10.3 Å². The fourth-order valence-electron chi connectivity index (χ4n) is 3.32. The lowest BCUT2D eigenvalue weighted by molar-refractivity contribution is -0.129. The summed E-state index contributed by atoms with van der Waals surface area (Å²) >= 11 is 0.801. The highest BCUT2D eigenvalue weighted by molar-refractivity contribution is 8.18. The van der Waals surface area contributed by atoms with E-state index in [0.717, 1.165) is 33.1 Å². The summed E-state index contributed by atoms with van der Waals surface area (Å²) in [5.74, 6) is -0.882. The molecule has 1 aliphatic heterocycles. The molecule has 1 fully saturated rings. The maximum Gasteiger partial charge on any atom is 0.294 e. The van der Waals surface area contributed by atoms with Crippen molar-refractivity contribution < 1.29 is 14.4 Å². The van der Waals surface area contributed by atoms with Gasteiger partial charge in [-0.3, -0.25) is 19.3 Å². The lowest BCUT2D eigenvalue weighted by Crippen LogP contribution is -2.40. The van der Waals surface area contributed by atoms with Crippen molar-refractivity contribution in [1.82, 2.24) is 15.2 Å². The molecule has 0 unspecified atom stereocenters. The molecule has 2 N–H and O–H groups in total. The zero-order valence-electron chi connectivity index (χ0n) is 16.4. The molecular weight excluding hydrogens is 412 g/mol. The zero-order valence-corrected chi connectivity index (χ0v) is 17.2. The Labute approximate surface area is 182 Å². The number of rotatable bonds is 6. The van der Waals surface area contributed by atoms with Gasteiger partial charge in [0.25, 0.3) is 11.1 Å². The summed E-state index contributed by atoms with van der Waals surface area (Å²) in [5.41, 5.74) is 3.34. The number of carbonyl (C=O) groups is 3. The number of aromatic nitrogens is 1. The molecule has 8 heteroatoms. The van der Waals surface area contributed by atoms with Gasteiger partial charge in [0, 0.05) is 23.6 Å². The second-order valence-corrected chi connectivity index (χ2v) is 7.95. The van der Waals surface area contributed by atoms with E-state index in [1.54, 1.807) is 30.3 Å². The van der Waals surface area contributed by atoms with Crippen molar-refractivity contribution in [3.05, 3.63) is 76.3 Å². The van der Waals surface area contributed by atoms with Gasteiger partial charge in [-0.25, -0.2) is 0 Å². The third-order valence-corrected chi connectivity index (χ3v) is 5.81. The quantitative estimate of drug-likeness (QED) is 0.583. The highest BCUT2D eigenvalue weighted by Crippen LogP contribution is 2.32. The molecule has 0 atom stereocenters. The maximum atomic E-state index is 12.6. The topological polar surface area (TPSA) is 106 Å². The molecular formula is C23H18N4O3S. The van der Waals surface area contributed by atoms with E-state index in [1.807, 2.05) is 36.5 Å². The molecule has 0 saturated carbocycles. The van der Waals surface area contributed by atoms with Gasteiger partial charge in [-0.15, -0.1) is 0 Å². The van der Waals surface area contributed by atoms with Gasteiger partial charge in [0.15, 0.2) is 0 Å². The summed E-state index contributed by atoms with van der Waals surface area (Å²) in [5, 5.41) is 12.3. The Morgan fingerprint density at radius 1 is 1.16 bits per heavy atom. The number of nitrogens with one attached hydrogen (secondary N) is 2. The molecule has 31 heavy (non-hydrogen) atoms. The average molecular weight is 430 g/mol. The Morgan fingerprint density at radius 3 is 2.71 bits per heavy atom. The summed E-state index contributed by atoms with van der Waals surface area (Å²) in [6, 6.07) is 16.6. The van der Waals surface area contributed by atoms with Crippen LogP contribution in [0.25, 0.3) is 17.0 Å². The van der Waals surface area contributed by atoms with Crippen LogP contribution in [0.3, 0.4) is 0 Å². The van der Waals surface area contributed by atoms with Crippen molar-refractivity contribution in [1.29, 1.82) is 5.26 Å². The first kappa shape index (κ1) is 20.4. The largest absolute Gasteiger partial charge is 0.361 e. The predicted molar refractivity (Wildman–Crippen MR) is 119 cm³/mol. The molecule has 0 spiro atoms. The molecule has 4 rings (SSSR count). The minimum Gasteiger partial charge on any atom is -0.361 e. The van der Waals surface area contributed by atoms with Crippen LogP contribution in [0.1, 0.15) is 16.7 Å². The first-order chi connectivity index (χ1) is 15.0. The van der Waals surface area contributed by atoms with Crippen LogP contribution in [0.2, 0.25) is 0 Å². The number of imide groups is 1. The minimum absolute atomic E-state index is 0.251. The van der Waals surface area contributed by atoms with Crippen LogP contribution >= 0.6 is 11.8 Å². The average Bonchev–Trinajstić information content (AvgIpc) is 3.30. The number of H-pyrrole nitrogens is 1. The third-order valence-electron chi connectivity index (χ3n) is 4.90. The molecule has 3 aromatic rings.